The molecular weight excluding hydrogens is 416 g/mol. The fourth-order valence-corrected chi connectivity index (χ4v) is 3.13. The number of nitrogens with one attached hydrogen (secondary N) is 2. The van der Waals surface area contributed by atoms with Crippen LogP contribution in [0, 0.1) is 5.82 Å². The van der Waals surface area contributed by atoms with Gasteiger partial charge in [-0.3, -0.25) is 0 Å². The number of hydrogen-bond acceptors (Lipinski definition) is 5. The van der Waals surface area contributed by atoms with Gasteiger partial charge in [0.2, 0.25) is 5.88 Å². The van der Waals surface area contributed by atoms with Gasteiger partial charge in [-0.25, -0.2) is 19.4 Å². The van der Waals surface area contributed by atoms with Crippen LogP contribution < -0.4 is 20.3 Å². The minimum Gasteiger partial charge on any atom is -0.476 e. The van der Waals surface area contributed by atoms with E-state index in [1.807, 2.05) is 11.8 Å². The molecule has 1 unspecified atom stereocenters. The Morgan fingerprint density at radius 2 is 2.13 bits per heavy atom. The summed E-state index contributed by atoms with van der Waals surface area (Å²) in [5.74, 6) is 0.675. The number of aliphatic imine (C=N–C) groups is 1. The van der Waals surface area contributed by atoms with Crippen molar-refractivity contribution in [2.45, 2.75) is 25.6 Å². The van der Waals surface area contributed by atoms with E-state index in [4.69, 9.17) is 4.74 Å². The van der Waals surface area contributed by atoms with E-state index >= 15 is 0 Å². The normalized spacial score (nSPS) is 17.0. The fraction of sp³-hybridized carbons (Fsp3) is 0.450. The molecule has 2 N–H and O–H groups in total. The molecule has 0 amide bonds. The molecule has 7 nitrogen and oxygen atoms in total. The van der Waals surface area contributed by atoms with Crippen molar-refractivity contribution < 1.29 is 22.3 Å². The maximum atomic E-state index is 13.9. The molecule has 0 spiro atoms. The van der Waals surface area contributed by atoms with Gasteiger partial charge < -0.3 is 20.3 Å². The van der Waals surface area contributed by atoms with Gasteiger partial charge in [0.25, 0.3) is 0 Å². The molecule has 31 heavy (non-hydrogen) atoms. The molecule has 0 bridgehead atoms. The minimum atomic E-state index is -4.43. The third-order valence-electron chi connectivity index (χ3n) is 4.59. The summed E-state index contributed by atoms with van der Waals surface area (Å²) >= 11 is 0. The summed E-state index contributed by atoms with van der Waals surface area (Å²) in [6.45, 7) is 4.29. The Morgan fingerprint density at radius 3 is 2.81 bits per heavy atom. The summed E-state index contributed by atoms with van der Waals surface area (Å²) in [5, 5.41) is 6.44. The van der Waals surface area contributed by atoms with Crippen LogP contribution in [0.25, 0.3) is 0 Å². The van der Waals surface area contributed by atoms with Gasteiger partial charge >= 0.3 is 6.18 Å². The second-order valence-electron chi connectivity index (χ2n) is 6.88. The van der Waals surface area contributed by atoms with Crippen LogP contribution >= 0.6 is 0 Å². The summed E-state index contributed by atoms with van der Waals surface area (Å²) in [5.41, 5.74) is -0.826. The first kappa shape index (κ1) is 22.6. The summed E-state index contributed by atoms with van der Waals surface area (Å²) in [6.07, 6.45) is -1.33. The van der Waals surface area contributed by atoms with Crippen LogP contribution in [0.4, 0.5) is 23.4 Å². The lowest BCUT2D eigenvalue weighted by molar-refractivity contribution is -0.137. The van der Waals surface area contributed by atoms with Crippen molar-refractivity contribution in [1.82, 2.24) is 20.6 Å². The minimum absolute atomic E-state index is 0.0664. The van der Waals surface area contributed by atoms with E-state index in [0.29, 0.717) is 31.4 Å². The average molecular weight is 440 g/mol. The number of alkyl halides is 3. The number of rotatable bonds is 7. The van der Waals surface area contributed by atoms with Crippen LogP contribution in [0.15, 0.2) is 41.7 Å². The van der Waals surface area contributed by atoms with Crippen molar-refractivity contribution in [2.24, 2.45) is 4.99 Å². The Balaban J connectivity index is 1.48. The first-order valence-corrected chi connectivity index (χ1v) is 9.93. The maximum Gasteiger partial charge on any atom is 0.417 e. The molecule has 2 aromatic rings. The van der Waals surface area contributed by atoms with Gasteiger partial charge in [-0.15, -0.1) is 0 Å². The highest BCUT2D eigenvalue weighted by molar-refractivity contribution is 5.80. The molecule has 1 aliphatic rings. The molecule has 2 aromatic heterocycles. The van der Waals surface area contributed by atoms with E-state index in [1.165, 1.54) is 12.1 Å². The van der Waals surface area contributed by atoms with Gasteiger partial charge in [0.05, 0.1) is 12.1 Å². The number of ether oxygens (including phenoxy) is 1. The van der Waals surface area contributed by atoms with Crippen molar-refractivity contribution in [3.63, 3.8) is 0 Å². The summed E-state index contributed by atoms with van der Waals surface area (Å²) < 4.78 is 57.0. The number of pyridine rings is 2. The predicted octanol–water partition coefficient (Wildman–Crippen LogP) is 2.85. The predicted molar refractivity (Wildman–Crippen MR) is 109 cm³/mol. The van der Waals surface area contributed by atoms with Crippen molar-refractivity contribution in [3.05, 3.63) is 48.0 Å². The molecular formula is C20H24F4N6O. The third-order valence-corrected chi connectivity index (χ3v) is 4.59. The van der Waals surface area contributed by atoms with Crippen LogP contribution in [0.3, 0.4) is 0 Å². The molecule has 1 aliphatic heterocycles. The first-order valence-electron chi connectivity index (χ1n) is 9.93. The van der Waals surface area contributed by atoms with Crippen LogP contribution in [0.2, 0.25) is 0 Å². The highest BCUT2D eigenvalue weighted by Gasteiger charge is 2.30. The second-order valence-corrected chi connectivity index (χ2v) is 6.88. The van der Waals surface area contributed by atoms with E-state index in [1.54, 1.807) is 12.3 Å². The standard InChI is InChI=1S/C20H24F4N6O/c1-2-25-19(27-9-11-31-17-6-5-14(12-28-17)20(22,23)24)29-15-7-10-30(13-15)18-16(21)4-3-8-26-18/h3-6,8,12,15H,2,7,9-11,13H2,1H3,(H2,25,27,29). The molecule has 0 radical (unpaired) electrons. The molecule has 3 rings (SSSR count). The van der Waals surface area contributed by atoms with E-state index in [0.717, 1.165) is 18.7 Å². The Bertz CT molecular complexity index is 875. The molecule has 11 heteroatoms. The topological polar surface area (TPSA) is 74.7 Å². The largest absolute Gasteiger partial charge is 0.476 e. The second kappa shape index (κ2) is 10.3. The molecule has 1 atom stereocenters. The smallest absolute Gasteiger partial charge is 0.417 e. The van der Waals surface area contributed by atoms with E-state index < -0.39 is 11.7 Å². The molecule has 168 valence electrons. The highest BCUT2D eigenvalue weighted by atomic mass is 19.4. The average Bonchev–Trinajstić information content (AvgIpc) is 3.19. The maximum absolute atomic E-state index is 13.9. The Kier molecular flexibility index (Phi) is 7.48. The van der Waals surface area contributed by atoms with Crippen molar-refractivity contribution in [1.29, 1.82) is 0 Å². The molecule has 0 saturated carbocycles. The molecule has 1 fully saturated rings. The lowest BCUT2D eigenvalue weighted by Gasteiger charge is -2.20. The van der Waals surface area contributed by atoms with Crippen LogP contribution in [0.1, 0.15) is 18.9 Å². The Labute approximate surface area is 177 Å². The summed E-state index contributed by atoms with van der Waals surface area (Å²) in [6, 6.07) is 5.12. The SMILES string of the molecule is CCNC(=NCCOc1ccc(C(F)(F)F)cn1)NC1CCN(c2ncccc2F)C1. The molecule has 3 heterocycles. The number of guanidine groups is 1. The fourth-order valence-electron chi connectivity index (χ4n) is 3.13. The van der Waals surface area contributed by atoms with Crippen molar-refractivity contribution in [3.8, 4) is 5.88 Å². The van der Waals surface area contributed by atoms with E-state index in [-0.39, 0.29) is 30.9 Å². The van der Waals surface area contributed by atoms with Gasteiger partial charge in [-0.1, -0.05) is 0 Å². The number of hydrogen-bond donors (Lipinski definition) is 2. The lowest BCUT2D eigenvalue weighted by atomic mass is 10.3. The van der Waals surface area contributed by atoms with Crippen LogP contribution in [-0.2, 0) is 6.18 Å². The lowest BCUT2D eigenvalue weighted by Crippen LogP contribution is -2.45. The highest BCUT2D eigenvalue weighted by Crippen LogP contribution is 2.29. The zero-order valence-electron chi connectivity index (χ0n) is 17.0. The van der Waals surface area contributed by atoms with E-state index in [9.17, 15) is 17.6 Å². The summed E-state index contributed by atoms with van der Waals surface area (Å²) in [4.78, 5) is 14.1. The quantitative estimate of drug-likeness (QED) is 0.299. The van der Waals surface area contributed by atoms with Gasteiger partial charge in [-0.2, -0.15) is 13.2 Å². The number of halogens is 4. The van der Waals surface area contributed by atoms with Crippen molar-refractivity contribution >= 4 is 11.8 Å². The van der Waals surface area contributed by atoms with Crippen LogP contribution in [-0.4, -0.2) is 54.8 Å². The van der Waals surface area contributed by atoms with Gasteiger partial charge in [-0.05, 0) is 31.5 Å². The number of aromatic nitrogens is 2. The molecule has 1 saturated heterocycles. The molecule has 0 aliphatic carbocycles. The van der Waals surface area contributed by atoms with Crippen molar-refractivity contribution in [2.75, 3.05) is 37.7 Å². The number of anilines is 1. The Morgan fingerprint density at radius 1 is 1.29 bits per heavy atom. The number of nitrogens with zero attached hydrogens (tertiary/aromatic N) is 4. The first-order chi connectivity index (χ1) is 14.9. The van der Waals surface area contributed by atoms with E-state index in [2.05, 4.69) is 25.6 Å². The summed E-state index contributed by atoms with van der Waals surface area (Å²) in [7, 11) is 0. The zero-order chi connectivity index (χ0) is 22.3. The van der Waals surface area contributed by atoms with Gasteiger partial charge in [0, 0.05) is 44.1 Å². The monoisotopic (exact) mass is 440 g/mol. The third kappa shape index (κ3) is 6.43. The Hall–Kier alpha value is -3.11. The zero-order valence-corrected chi connectivity index (χ0v) is 17.0. The van der Waals surface area contributed by atoms with Crippen LogP contribution in [0.5, 0.6) is 5.88 Å². The van der Waals surface area contributed by atoms with Gasteiger partial charge in [0.15, 0.2) is 17.6 Å². The molecule has 0 aromatic carbocycles. The van der Waals surface area contributed by atoms with Gasteiger partial charge in [0.1, 0.15) is 6.61 Å².